The van der Waals surface area contributed by atoms with Gasteiger partial charge in [-0.3, -0.25) is 4.79 Å². The number of amides is 1. The van der Waals surface area contributed by atoms with E-state index in [0.717, 1.165) is 56.9 Å². The Kier molecular flexibility index (Phi) is 4.08. The Bertz CT molecular complexity index is 721. The van der Waals surface area contributed by atoms with Crippen LogP contribution in [0.15, 0.2) is 18.5 Å². The van der Waals surface area contributed by atoms with E-state index >= 15 is 0 Å². The van der Waals surface area contributed by atoms with Crippen molar-refractivity contribution in [2.24, 2.45) is 11.8 Å². The summed E-state index contributed by atoms with van der Waals surface area (Å²) in [5.41, 5.74) is 0.753. The van der Waals surface area contributed by atoms with E-state index in [-0.39, 0.29) is 5.92 Å². The monoisotopic (exact) mass is 328 g/mol. The molecule has 0 N–H and O–H groups in total. The molecule has 0 radical (unpaired) electrons. The molecule has 1 atom stereocenters. The second-order valence-corrected chi connectivity index (χ2v) is 7.12. The lowest BCUT2D eigenvalue weighted by atomic mass is 9.93. The Morgan fingerprint density at radius 1 is 1.17 bits per heavy atom. The molecule has 0 bridgehead atoms. The molecule has 2 aliphatic rings. The van der Waals surface area contributed by atoms with Gasteiger partial charge >= 0.3 is 0 Å². The van der Waals surface area contributed by atoms with Crippen LogP contribution in [-0.2, 0) is 4.79 Å². The lowest BCUT2D eigenvalue weighted by molar-refractivity contribution is -0.137. The normalized spacial score (nSPS) is 23.0. The zero-order valence-electron chi connectivity index (χ0n) is 14.1. The minimum absolute atomic E-state index is 0.171. The minimum atomic E-state index is 0.171. The maximum absolute atomic E-state index is 12.8. The first-order chi connectivity index (χ1) is 11.7. The fraction of sp³-hybridized carbons (Fsp3) is 0.647. The first-order valence-corrected chi connectivity index (χ1v) is 8.91. The molecule has 1 amide bonds. The van der Waals surface area contributed by atoms with Crippen molar-refractivity contribution < 1.29 is 4.79 Å². The minimum Gasteiger partial charge on any atom is -0.355 e. The number of rotatable bonds is 2. The molecule has 4 rings (SSSR count). The summed E-state index contributed by atoms with van der Waals surface area (Å²) in [6.07, 6.45) is 5.83. The molecule has 2 aromatic heterocycles. The van der Waals surface area contributed by atoms with Gasteiger partial charge in [0, 0.05) is 32.1 Å². The summed E-state index contributed by atoms with van der Waals surface area (Å²) in [4.78, 5) is 17.1. The van der Waals surface area contributed by atoms with Crippen LogP contribution in [-0.4, -0.2) is 56.8 Å². The Morgan fingerprint density at radius 2 is 2.00 bits per heavy atom. The molecule has 0 saturated carbocycles. The van der Waals surface area contributed by atoms with Gasteiger partial charge in [-0.1, -0.05) is 6.92 Å². The van der Waals surface area contributed by atoms with Crippen LogP contribution in [0.5, 0.6) is 0 Å². The Labute approximate surface area is 141 Å². The fourth-order valence-corrected chi connectivity index (χ4v) is 3.89. The van der Waals surface area contributed by atoms with Crippen LogP contribution in [0.2, 0.25) is 0 Å². The van der Waals surface area contributed by atoms with Gasteiger partial charge in [-0.2, -0.15) is 4.52 Å². The number of anilines is 1. The summed E-state index contributed by atoms with van der Waals surface area (Å²) >= 11 is 0. The maximum atomic E-state index is 12.8. The number of fused-ring (bicyclic) bond motifs is 1. The highest BCUT2D eigenvalue weighted by molar-refractivity contribution is 5.79. The van der Waals surface area contributed by atoms with Crippen molar-refractivity contribution in [2.75, 3.05) is 31.1 Å². The van der Waals surface area contributed by atoms with E-state index in [9.17, 15) is 4.79 Å². The van der Waals surface area contributed by atoms with Gasteiger partial charge in [0.15, 0.2) is 5.65 Å². The quantitative estimate of drug-likeness (QED) is 0.838. The predicted molar refractivity (Wildman–Crippen MR) is 90.7 cm³/mol. The molecule has 2 aromatic rings. The third-order valence-electron chi connectivity index (χ3n) is 5.28. The molecule has 4 heterocycles. The summed E-state index contributed by atoms with van der Waals surface area (Å²) in [6.45, 7) is 5.87. The number of hydrogen-bond acceptors (Lipinski definition) is 5. The van der Waals surface area contributed by atoms with Crippen LogP contribution >= 0.6 is 0 Å². The summed E-state index contributed by atoms with van der Waals surface area (Å²) in [5, 5.41) is 12.4. The van der Waals surface area contributed by atoms with Crippen LogP contribution in [0.1, 0.15) is 32.6 Å². The Balaban J connectivity index is 1.38. The number of likely N-dealkylation sites (tertiary alicyclic amines) is 1. The lowest BCUT2D eigenvalue weighted by Gasteiger charge is -2.37. The maximum Gasteiger partial charge on any atom is 0.225 e. The summed E-state index contributed by atoms with van der Waals surface area (Å²) in [7, 11) is 0. The van der Waals surface area contributed by atoms with Gasteiger partial charge in [-0.15, -0.1) is 15.3 Å². The molecule has 0 aliphatic carbocycles. The summed E-state index contributed by atoms with van der Waals surface area (Å²) in [5.74, 6) is 2.11. The van der Waals surface area contributed by atoms with Gasteiger partial charge in [-0.25, -0.2) is 0 Å². The van der Waals surface area contributed by atoms with Crippen molar-refractivity contribution in [1.82, 2.24) is 24.7 Å². The third-order valence-corrected chi connectivity index (χ3v) is 5.28. The van der Waals surface area contributed by atoms with Crippen LogP contribution in [0.4, 0.5) is 5.82 Å². The van der Waals surface area contributed by atoms with Crippen molar-refractivity contribution in [3.05, 3.63) is 18.5 Å². The molecule has 24 heavy (non-hydrogen) atoms. The average Bonchev–Trinajstić information content (AvgIpc) is 3.09. The van der Waals surface area contributed by atoms with E-state index in [1.165, 1.54) is 6.42 Å². The third kappa shape index (κ3) is 2.95. The highest BCUT2D eigenvalue weighted by Gasteiger charge is 2.30. The smallest absolute Gasteiger partial charge is 0.225 e. The van der Waals surface area contributed by atoms with Crippen molar-refractivity contribution in [3.63, 3.8) is 0 Å². The number of aromatic nitrogens is 4. The molecule has 0 aromatic carbocycles. The van der Waals surface area contributed by atoms with Crippen molar-refractivity contribution >= 4 is 17.4 Å². The van der Waals surface area contributed by atoms with Gasteiger partial charge in [0.25, 0.3) is 0 Å². The zero-order valence-corrected chi connectivity index (χ0v) is 14.1. The summed E-state index contributed by atoms with van der Waals surface area (Å²) in [6, 6.07) is 3.92. The molecule has 2 saturated heterocycles. The SMILES string of the molecule is CC1CCCN(C(=O)C2CCN(c3ccc4nncn4n3)CC2)C1. The van der Waals surface area contributed by atoms with Gasteiger partial charge in [0.2, 0.25) is 5.91 Å². The Morgan fingerprint density at radius 3 is 2.79 bits per heavy atom. The standard InChI is InChI=1S/C17H24N6O/c1-13-3-2-8-22(11-13)17(24)14-6-9-21(10-7-14)16-5-4-15-19-18-12-23(15)20-16/h4-5,12-14H,2-3,6-11H2,1H3. The predicted octanol–water partition coefficient (Wildman–Crippen LogP) is 1.60. The van der Waals surface area contributed by atoms with Crippen molar-refractivity contribution in [1.29, 1.82) is 0 Å². The van der Waals surface area contributed by atoms with Gasteiger partial charge in [-0.05, 0) is 43.7 Å². The van der Waals surface area contributed by atoms with Crippen LogP contribution in [0, 0.1) is 11.8 Å². The molecular formula is C17H24N6O. The Hall–Kier alpha value is -2.18. The van der Waals surface area contributed by atoms with Gasteiger partial charge in [0.05, 0.1) is 0 Å². The highest BCUT2D eigenvalue weighted by Crippen LogP contribution is 2.25. The second-order valence-electron chi connectivity index (χ2n) is 7.12. The molecule has 0 spiro atoms. The highest BCUT2D eigenvalue weighted by atomic mass is 16.2. The first kappa shape index (κ1) is 15.4. The van der Waals surface area contributed by atoms with E-state index in [1.807, 2.05) is 12.1 Å². The van der Waals surface area contributed by atoms with Crippen LogP contribution < -0.4 is 4.90 Å². The number of carbonyl (C=O) groups excluding carboxylic acids is 1. The average molecular weight is 328 g/mol. The van der Waals surface area contributed by atoms with Crippen LogP contribution in [0.25, 0.3) is 5.65 Å². The van der Waals surface area contributed by atoms with E-state index in [4.69, 9.17) is 0 Å². The molecule has 2 fully saturated rings. The number of nitrogens with zero attached hydrogens (tertiary/aromatic N) is 6. The van der Waals surface area contributed by atoms with Crippen molar-refractivity contribution in [2.45, 2.75) is 32.6 Å². The van der Waals surface area contributed by atoms with E-state index in [0.29, 0.717) is 11.8 Å². The van der Waals surface area contributed by atoms with E-state index in [1.54, 1.807) is 10.8 Å². The van der Waals surface area contributed by atoms with Gasteiger partial charge < -0.3 is 9.80 Å². The molecule has 2 aliphatic heterocycles. The fourth-order valence-electron chi connectivity index (χ4n) is 3.89. The van der Waals surface area contributed by atoms with E-state index in [2.05, 4.69) is 32.0 Å². The second kappa shape index (κ2) is 6.37. The van der Waals surface area contributed by atoms with Crippen LogP contribution in [0.3, 0.4) is 0 Å². The molecule has 7 nitrogen and oxygen atoms in total. The molecule has 128 valence electrons. The molecular weight excluding hydrogens is 304 g/mol. The topological polar surface area (TPSA) is 66.6 Å². The lowest BCUT2D eigenvalue weighted by Crippen LogP contribution is -2.46. The zero-order chi connectivity index (χ0) is 16.5. The first-order valence-electron chi connectivity index (χ1n) is 8.91. The molecule has 1 unspecified atom stereocenters. The number of carbonyl (C=O) groups is 1. The van der Waals surface area contributed by atoms with Gasteiger partial charge in [0.1, 0.15) is 12.1 Å². The molecule has 7 heteroatoms. The number of piperidine rings is 2. The van der Waals surface area contributed by atoms with Crippen molar-refractivity contribution in [3.8, 4) is 0 Å². The largest absolute Gasteiger partial charge is 0.355 e. The van der Waals surface area contributed by atoms with E-state index < -0.39 is 0 Å². The number of hydrogen-bond donors (Lipinski definition) is 0. The summed E-state index contributed by atoms with van der Waals surface area (Å²) < 4.78 is 1.70.